The highest BCUT2D eigenvalue weighted by atomic mass is 19.1. The molecule has 144 valence electrons. The van der Waals surface area contributed by atoms with Crippen LogP contribution in [0.25, 0.3) is 0 Å². The van der Waals surface area contributed by atoms with E-state index in [1.165, 1.54) is 0 Å². The van der Waals surface area contributed by atoms with Crippen molar-refractivity contribution in [1.82, 2.24) is 0 Å². The summed E-state index contributed by atoms with van der Waals surface area (Å²) < 4.78 is 13.2. The summed E-state index contributed by atoms with van der Waals surface area (Å²) in [5.41, 5.74) is -1.48. The number of carbonyl (C=O) groups is 2. The zero-order chi connectivity index (χ0) is 18.9. The topological polar surface area (TPSA) is 74.6 Å². The molecule has 0 bridgehead atoms. The molecule has 7 atom stereocenters. The van der Waals surface area contributed by atoms with Gasteiger partial charge in [-0.15, -0.1) is 0 Å². The molecule has 0 radical (unpaired) electrons. The monoisotopic (exact) mass is 364 g/mol. The molecule has 0 aromatic heterocycles. The Morgan fingerprint density at radius 2 is 2.00 bits per heavy atom. The fourth-order valence-electron chi connectivity index (χ4n) is 7.26. The molecule has 4 aliphatic carbocycles. The number of rotatable bonds is 2. The van der Waals surface area contributed by atoms with Gasteiger partial charge in [-0.25, -0.2) is 4.39 Å². The molecule has 0 heterocycles. The molecular formula is C21H29FO4. The average Bonchev–Trinajstić information content (AvgIpc) is 2.86. The summed E-state index contributed by atoms with van der Waals surface area (Å²) in [6.07, 6.45) is 5.39. The molecule has 0 saturated heterocycles. The Labute approximate surface area is 153 Å². The van der Waals surface area contributed by atoms with Gasteiger partial charge < -0.3 is 10.2 Å². The number of ketones is 2. The highest BCUT2D eigenvalue weighted by Gasteiger charge is 2.68. The molecule has 26 heavy (non-hydrogen) atoms. The Bertz CT molecular complexity index is 687. The van der Waals surface area contributed by atoms with E-state index in [2.05, 4.69) is 6.92 Å². The Morgan fingerprint density at radius 1 is 1.27 bits per heavy atom. The van der Waals surface area contributed by atoms with E-state index in [1.807, 2.05) is 6.92 Å². The molecule has 0 aliphatic heterocycles. The Balaban J connectivity index is 1.74. The minimum atomic E-state index is -1.67. The van der Waals surface area contributed by atoms with E-state index < -0.39 is 29.6 Å². The van der Waals surface area contributed by atoms with E-state index in [9.17, 15) is 24.2 Å². The summed E-state index contributed by atoms with van der Waals surface area (Å²) in [5.74, 6) is -0.224. The fourth-order valence-corrected chi connectivity index (χ4v) is 7.26. The summed E-state index contributed by atoms with van der Waals surface area (Å²) in [5, 5.41) is 22.2. The van der Waals surface area contributed by atoms with Crippen molar-refractivity contribution in [3.05, 3.63) is 11.6 Å². The van der Waals surface area contributed by atoms with Crippen LogP contribution in [0.5, 0.6) is 0 Å². The molecule has 0 amide bonds. The summed E-state index contributed by atoms with van der Waals surface area (Å²) in [4.78, 5) is 24.1. The first kappa shape index (κ1) is 18.3. The first-order chi connectivity index (χ1) is 12.2. The van der Waals surface area contributed by atoms with E-state index in [-0.39, 0.29) is 35.4 Å². The zero-order valence-electron chi connectivity index (χ0n) is 15.6. The summed E-state index contributed by atoms with van der Waals surface area (Å²) in [6, 6.07) is 0. The van der Waals surface area contributed by atoms with Gasteiger partial charge in [0.25, 0.3) is 0 Å². The molecule has 4 nitrogen and oxygen atoms in total. The molecule has 0 aromatic carbocycles. The summed E-state index contributed by atoms with van der Waals surface area (Å²) in [6.45, 7) is 2.88. The Morgan fingerprint density at radius 3 is 2.69 bits per heavy atom. The van der Waals surface area contributed by atoms with E-state index in [0.717, 1.165) is 24.8 Å². The van der Waals surface area contributed by atoms with Gasteiger partial charge in [0.05, 0.1) is 6.10 Å². The third kappa shape index (κ3) is 2.13. The number of carbonyl (C=O) groups excluding carboxylic acids is 2. The van der Waals surface area contributed by atoms with Crippen molar-refractivity contribution in [2.45, 2.75) is 70.5 Å². The number of hydrogen-bond acceptors (Lipinski definition) is 4. The highest BCUT2D eigenvalue weighted by molar-refractivity contribution is 5.91. The van der Waals surface area contributed by atoms with Gasteiger partial charge in [0.1, 0.15) is 5.60 Å². The number of alkyl halides is 1. The molecule has 4 rings (SSSR count). The minimum absolute atomic E-state index is 0.0384. The molecule has 0 unspecified atom stereocenters. The predicted octanol–water partition coefficient (Wildman–Crippen LogP) is 2.76. The summed E-state index contributed by atoms with van der Waals surface area (Å²) >= 11 is 0. The maximum atomic E-state index is 13.2. The Kier molecular flexibility index (Phi) is 4.02. The van der Waals surface area contributed by atoms with Gasteiger partial charge in [0, 0.05) is 11.8 Å². The summed E-state index contributed by atoms with van der Waals surface area (Å²) in [7, 11) is 0. The second kappa shape index (κ2) is 5.71. The largest absolute Gasteiger partial charge is 0.393 e. The van der Waals surface area contributed by atoms with Gasteiger partial charge in [0.15, 0.2) is 18.2 Å². The molecule has 0 spiro atoms. The highest BCUT2D eigenvalue weighted by Crippen LogP contribution is 2.67. The van der Waals surface area contributed by atoms with Crippen LogP contribution in [0.1, 0.15) is 58.8 Å². The first-order valence-corrected chi connectivity index (χ1v) is 9.91. The van der Waals surface area contributed by atoms with E-state index in [0.29, 0.717) is 19.3 Å². The SMILES string of the molecule is C[C@]12CCC(=O)C=C1CC[C@@H]1[C@@H]2[C@@H](O)C[C@@]2(C)[C@H]1CC[C@]2(O)C(=O)CF. The third-order valence-electron chi connectivity index (χ3n) is 8.63. The van der Waals surface area contributed by atoms with Gasteiger partial charge in [-0.1, -0.05) is 19.4 Å². The first-order valence-electron chi connectivity index (χ1n) is 9.91. The second-order valence-electron chi connectivity index (χ2n) is 9.53. The van der Waals surface area contributed by atoms with Crippen LogP contribution in [0, 0.1) is 28.6 Å². The van der Waals surface area contributed by atoms with Crippen LogP contribution < -0.4 is 0 Å². The van der Waals surface area contributed by atoms with Crippen LogP contribution in [-0.4, -0.2) is 40.2 Å². The van der Waals surface area contributed by atoms with Crippen molar-refractivity contribution in [2.24, 2.45) is 28.6 Å². The maximum Gasteiger partial charge on any atom is 0.195 e. The maximum absolute atomic E-state index is 13.2. The van der Waals surface area contributed by atoms with Crippen LogP contribution in [0.2, 0.25) is 0 Å². The number of Topliss-reactive ketones (excluding diaryl/α,β-unsaturated/α-hetero) is 1. The molecule has 3 fully saturated rings. The number of halogens is 1. The van der Waals surface area contributed by atoms with Crippen LogP contribution in [0.3, 0.4) is 0 Å². The van der Waals surface area contributed by atoms with Crippen molar-refractivity contribution in [3.63, 3.8) is 0 Å². The lowest BCUT2D eigenvalue weighted by Gasteiger charge is -2.60. The third-order valence-corrected chi connectivity index (χ3v) is 8.63. The van der Waals surface area contributed by atoms with Crippen molar-refractivity contribution < 1.29 is 24.2 Å². The molecule has 0 aromatic rings. The van der Waals surface area contributed by atoms with Crippen molar-refractivity contribution in [3.8, 4) is 0 Å². The lowest BCUT2D eigenvalue weighted by Crippen LogP contribution is -2.61. The second-order valence-corrected chi connectivity index (χ2v) is 9.53. The molecule has 2 N–H and O–H groups in total. The Hall–Kier alpha value is -1.07. The molecule has 3 saturated carbocycles. The number of hydrogen-bond donors (Lipinski definition) is 2. The number of aliphatic hydroxyl groups excluding tert-OH is 1. The van der Waals surface area contributed by atoms with E-state index in [1.54, 1.807) is 6.08 Å². The standard InChI is InChI=1S/C21H29FO4/c1-19-7-5-13(23)9-12(19)3-4-14-15-6-8-21(26,17(25)11-22)20(15,2)10-16(24)18(14)19/h9,14-16,18,24,26H,3-8,10-11H2,1-2H3/t14-,15-,16-,18+,19-,20-,21-/m0/s1. The van der Waals surface area contributed by atoms with Gasteiger partial charge in [-0.3, -0.25) is 9.59 Å². The fraction of sp³-hybridized carbons (Fsp3) is 0.810. The smallest absolute Gasteiger partial charge is 0.195 e. The quantitative estimate of drug-likeness (QED) is 0.790. The zero-order valence-corrected chi connectivity index (χ0v) is 15.6. The number of aliphatic hydroxyl groups is 2. The van der Waals surface area contributed by atoms with Gasteiger partial charge in [-0.05, 0) is 67.8 Å². The van der Waals surface area contributed by atoms with Gasteiger partial charge >= 0.3 is 0 Å². The molecule has 4 aliphatic rings. The normalized spacial score (nSPS) is 50.5. The minimum Gasteiger partial charge on any atom is -0.393 e. The van der Waals surface area contributed by atoms with Crippen molar-refractivity contribution in [2.75, 3.05) is 6.67 Å². The van der Waals surface area contributed by atoms with Gasteiger partial charge in [-0.2, -0.15) is 0 Å². The van der Waals surface area contributed by atoms with E-state index >= 15 is 0 Å². The molecule has 5 heteroatoms. The van der Waals surface area contributed by atoms with E-state index in [4.69, 9.17) is 0 Å². The van der Waals surface area contributed by atoms with Crippen LogP contribution in [-0.2, 0) is 9.59 Å². The van der Waals surface area contributed by atoms with Crippen LogP contribution in [0.15, 0.2) is 11.6 Å². The lowest BCUT2D eigenvalue weighted by molar-refractivity contribution is -0.181. The number of allylic oxidation sites excluding steroid dienone is 1. The van der Waals surface area contributed by atoms with Crippen LogP contribution in [0.4, 0.5) is 4.39 Å². The predicted molar refractivity (Wildman–Crippen MR) is 94.0 cm³/mol. The van der Waals surface area contributed by atoms with Crippen LogP contribution >= 0.6 is 0 Å². The van der Waals surface area contributed by atoms with Gasteiger partial charge in [0.2, 0.25) is 0 Å². The van der Waals surface area contributed by atoms with Crippen molar-refractivity contribution in [1.29, 1.82) is 0 Å². The number of fused-ring (bicyclic) bond motifs is 5. The molecular weight excluding hydrogens is 335 g/mol. The average molecular weight is 364 g/mol. The van der Waals surface area contributed by atoms with Crippen molar-refractivity contribution >= 4 is 11.6 Å². The lowest BCUT2D eigenvalue weighted by atomic mass is 9.45.